The standard InChI is InChI=1S/C26H24N4O5/c31-20-9-3-17(4-10-20)14-21(26(34)30-12-1-2-23-24(30)22(32)15-35-23)28-25(33)18-5-7-19(8-6-18)29-13-11-27-16-29/h2-11,13,16,21,24,31H,1,12,14-15H2,(H,28,33). The molecule has 2 aromatic carbocycles. The molecule has 0 saturated carbocycles. The van der Waals surface area contributed by atoms with E-state index in [1.165, 1.54) is 17.0 Å². The molecule has 1 saturated heterocycles. The summed E-state index contributed by atoms with van der Waals surface area (Å²) in [6.07, 6.45) is 7.75. The van der Waals surface area contributed by atoms with Crippen molar-refractivity contribution in [2.75, 3.05) is 13.2 Å². The lowest BCUT2D eigenvalue weighted by molar-refractivity contribution is -0.139. The number of aromatic hydroxyl groups is 1. The second-order valence-corrected chi connectivity index (χ2v) is 8.50. The van der Waals surface area contributed by atoms with Gasteiger partial charge in [0.1, 0.15) is 24.2 Å². The summed E-state index contributed by atoms with van der Waals surface area (Å²) < 4.78 is 7.27. The fourth-order valence-electron chi connectivity index (χ4n) is 4.39. The number of ether oxygens (including phenoxy) is 1. The number of phenols is 1. The molecular weight excluding hydrogens is 448 g/mol. The van der Waals surface area contributed by atoms with E-state index in [1.54, 1.807) is 55.1 Å². The molecule has 3 aromatic rings. The van der Waals surface area contributed by atoms with Crippen LogP contribution in [-0.4, -0.2) is 62.4 Å². The minimum atomic E-state index is -0.909. The number of Topliss-reactive ketones (excluding diaryl/α,β-unsaturated/α-hetero) is 1. The lowest BCUT2D eigenvalue weighted by Crippen LogP contribution is -2.55. The molecule has 0 aliphatic carbocycles. The van der Waals surface area contributed by atoms with E-state index in [0.717, 1.165) is 11.3 Å². The van der Waals surface area contributed by atoms with Gasteiger partial charge in [0.2, 0.25) is 5.91 Å². The van der Waals surface area contributed by atoms with Crippen molar-refractivity contribution in [2.24, 2.45) is 0 Å². The Morgan fingerprint density at radius 2 is 1.91 bits per heavy atom. The molecule has 9 heteroatoms. The van der Waals surface area contributed by atoms with E-state index < -0.39 is 18.0 Å². The average Bonchev–Trinajstić information content (AvgIpc) is 3.55. The zero-order valence-electron chi connectivity index (χ0n) is 18.8. The Morgan fingerprint density at radius 3 is 2.63 bits per heavy atom. The van der Waals surface area contributed by atoms with Gasteiger partial charge in [-0.15, -0.1) is 0 Å². The van der Waals surface area contributed by atoms with Gasteiger partial charge in [0.25, 0.3) is 5.91 Å². The molecular formula is C26H24N4O5. The highest BCUT2D eigenvalue weighted by molar-refractivity contribution is 6.00. The molecule has 2 aliphatic heterocycles. The number of fused-ring (bicyclic) bond motifs is 1. The first-order valence-corrected chi connectivity index (χ1v) is 11.3. The van der Waals surface area contributed by atoms with Crippen LogP contribution < -0.4 is 5.32 Å². The Balaban J connectivity index is 1.38. The minimum Gasteiger partial charge on any atom is -0.508 e. The van der Waals surface area contributed by atoms with Crippen LogP contribution >= 0.6 is 0 Å². The summed E-state index contributed by atoms with van der Waals surface area (Å²) in [6, 6.07) is 11.8. The van der Waals surface area contributed by atoms with Gasteiger partial charge in [0.05, 0.1) is 6.33 Å². The molecule has 9 nitrogen and oxygen atoms in total. The molecule has 35 heavy (non-hydrogen) atoms. The van der Waals surface area contributed by atoms with Gasteiger partial charge in [0, 0.05) is 36.6 Å². The van der Waals surface area contributed by atoms with Crippen molar-refractivity contribution in [3.8, 4) is 11.4 Å². The van der Waals surface area contributed by atoms with Crippen molar-refractivity contribution >= 4 is 17.6 Å². The van der Waals surface area contributed by atoms with Crippen molar-refractivity contribution < 1.29 is 24.2 Å². The summed E-state index contributed by atoms with van der Waals surface area (Å²) in [4.78, 5) is 44.7. The molecule has 3 heterocycles. The fourth-order valence-corrected chi connectivity index (χ4v) is 4.39. The third kappa shape index (κ3) is 4.65. The van der Waals surface area contributed by atoms with Gasteiger partial charge in [-0.2, -0.15) is 0 Å². The van der Waals surface area contributed by atoms with Crippen LogP contribution in [-0.2, 0) is 20.7 Å². The predicted molar refractivity (Wildman–Crippen MR) is 126 cm³/mol. The maximum Gasteiger partial charge on any atom is 0.251 e. The highest BCUT2D eigenvalue weighted by Crippen LogP contribution is 2.26. The molecule has 0 radical (unpaired) electrons. The van der Waals surface area contributed by atoms with Crippen LogP contribution in [0.25, 0.3) is 5.69 Å². The van der Waals surface area contributed by atoms with E-state index in [-0.39, 0.29) is 30.5 Å². The van der Waals surface area contributed by atoms with Crippen LogP contribution in [0.15, 0.2) is 79.1 Å². The number of benzene rings is 2. The first-order valence-electron chi connectivity index (χ1n) is 11.3. The second kappa shape index (κ2) is 9.46. The Labute approximate surface area is 201 Å². The molecule has 2 amide bonds. The van der Waals surface area contributed by atoms with E-state index in [1.807, 2.05) is 10.6 Å². The van der Waals surface area contributed by atoms with Gasteiger partial charge in [-0.05, 0) is 54.5 Å². The predicted octanol–water partition coefficient (Wildman–Crippen LogP) is 2.00. The quantitative estimate of drug-likeness (QED) is 0.567. The summed E-state index contributed by atoms with van der Waals surface area (Å²) in [6.45, 7) is 0.308. The number of carbonyl (C=O) groups is 3. The monoisotopic (exact) mass is 472 g/mol. The molecule has 2 atom stereocenters. The number of imidazole rings is 1. The SMILES string of the molecule is O=C(NC(Cc1ccc(O)cc1)C(=O)N1CCC=C2OCC(=O)C21)c1ccc(-n2ccnc2)cc1. The van der Waals surface area contributed by atoms with Crippen molar-refractivity contribution in [3.05, 3.63) is 90.2 Å². The lowest BCUT2D eigenvalue weighted by atomic mass is 10.00. The zero-order valence-corrected chi connectivity index (χ0v) is 18.8. The number of aromatic nitrogens is 2. The number of ketones is 1. The normalized spacial score (nSPS) is 17.8. The van der Waals surface area contributed by atoms with Crippen LogP contribution in [0.1, 0.15) is 22.3 Å². The van der Waals surface area contributed by atoms with Crippen LogP contribution in [0, 0.1) is 0 Å². The largest absolute Gasteiger partial charge is 0.508 e. The molecule has 1 aromatic heterocycles. The number of nitrogens with one attached hydrogen (secondary N) is 1. The molecule has 2 unspecified atom stereocenters. The van der Waals surface area contributed by atoms with Crippen LogP contribution in [0.3, 0.4) is 0 Å². The van der Waals surface area contributed by atoms with E-state index in [4.69, 9.17) is 4.74 Å². The maximum absolute atomic E-state index is 13.7. The van der Waals surface area contributed by atoms with Gasteiger partial charge in [-0.1, -0.05) is 12.1 Å². The Kier molecular flexibility index (Phi) is 6.05. The highest BCUT2D eigenvalue weighted by atomic mass is 16.5. The fraction of sp³-hybridized carbons (Fsp3) is 0.231. The second-order valence-electron chi connectivity index (χ2n) is 8.50. The van der Waals surface area contributed by atoms with Crippen molar-refractivity contribution in [3.63, 3.8) is 0 Å². The van der Waals surface area contributed by atoms with Crippen molar-refractivity contribution in [1.82, 2.24) is 19.8 Å². The topological polar surface area (TPSA) is 114 Å². The number of rotatable bonds is 6. The first-order chi connectivity index (χ1) is 17.0. The molecule has 1 fully saturated rings. The maximum atomic E-state index is 13.7. The Hall–Kier alpha value is -4.40. The average molecular weight is 473 g/mol. The Morgan fingerprint density at radius 1 is 1.14 bits per heavy atom. The van der Waals surface area contributed by atoms with Crippen molar-refractivity contribution in [1.29, 1.82) is 0 Å². The van der Waals surface area contributed by atoms with Crippen LogP contribution in [0.4, 0.5) is 0 Å². The van der Waals surface area contributed by atoms with Crippen molar-refractivity contribution in [2.45, 2.75) is 24.9 Å². The summed E-state index contributed by atoms with van der Waals surface area (Å²) >= 11 is 0. The van der Waals surface area contributed by atoms with Gasteiger partial charge >= 0.3 is 0 Å². The minimum absolute atomic E-state index is 0.0570. The third-order valence-corrected chi connectivity index (χ3v) is 6.18. The summed E-state index contributed by atoms with van der Waals surface area (Å²) in [7, 11) is 0. The summed E-state index contributed by atoms with van der Waals surface area (Å²) in [5, 5.41) is 12.5. The zero-order chi connectivity index (χ0) is 24.4. The van der Waals surface area contributed by atoms with Gasteiger partial charge in [0.15, 0.2) is 11.8 Å². The molecule has 2 N–H and O–H groups in total. The molecule has 0 bridgehead atoms. The van der Waals surface area contributed by atoms with E-state index >= 15 is 0 Å². The van der Waals surface area contributed by atoms with E-state index in [0.29, 0.717) is 24.3 Å². The number of carbonyl (C=O) groups excluding carboxylic acids is 3. The van der Waals surface area contributed by atoms with Crippen LogP contribution in [0.2, 0.25) is 0 Å². The number of phenolic OH excluding ortho intramolecular Hbond substituents is 1. The van der Waals surface area contributed by atoms with Gasteiger partial charge in [-0.25, -0.2) is 4.98 Å². The summed E-state index contributed by atoms with van der Waals surface area (Å²) in [5.41, 5.74) is 2.01. The van der Waals surface area contributed by atoms with Gasteiger partial charge in [-0.3, -0.25) is 14.4 Å². The first kappa shape index (κ1) is 22.4. The van der Waals surface area contributed by atoms with Crippen LogP contribution in [0.5, 0.6) is 5.75 Å². The Bertz CT molecular complexity index is 1270. The number of amides is 2. The molecule has 0 spiro atoms. The molecule has 2 aliphatic rings. The van der Waals surface area contributed by atoms with E-state index in [2.05, 4.69) is 10.3 Å². The highest BCUT2D eigenvalue weighted by Gasteiger charge is 2.42. The summed E-state index contributed by atoms with van der Waals surface area (Å²) in [5.74, 6) is -0.316. The number of hydrogen-bond acceptors (Lipinski definition) is 6. The number of nitrogens with zero attached hydrogens (tertiary/aromatic N) is 3. The number of hydrogen-bond donors (Lipinski definition) is 2. The van der Waals surface area contributed by atoms with E-state index in [9.17, 15) is 19.5 Å². The molecule has 5 rings (SSSR count). The smallest absolute Gasteiger partial charge is 0.251 e. The third-order valence-electron chi connectivity index (χ3n) is 6.18. The molecule has 178 valence electrons. The lowest BCUT2D eigenvalue weighted by Gasteiger charge is -2.33. The van der Waals surface area contributed by atoms with Gasteiger partial charge < -0.3 is 24.6 Å².